The monoisotopic (exact) mass is 643 g/mol. The molecule has 0 spiro atoms. The summed E-state index contributed by atoms with van der Waals surface area (Å²) in [6.45, 7) is 4.18. The van der Waals surface area contributed by atoms with Gasteiger partial charge in [-0.3, -0.25) is 4.79 Å². The first-order chi connectivity index (χ1) is 19.4. The zero-order chi connectivity index (χ0) is 28.1. The summed E-state index contributed by atoms with van der Waals surface area (Å²) in [4.78, 5) is 29.1. The Kier molecular flexibility index (Phi) is 8.26. The van der Waals surface area contributed by atoms with Crippen LogP contribution in [0.3, 0.4) is 0 Å². The van der Waals surface area contributed by atoms with Crippen LogP contribution in [0.15, 0.2) is 96.1 Å². The summed E-state index contributed by atoms with van der Waals surface area (Å²) in [6, 6.07) is 28.0. The van der Waals surface area contributed by atoms with Crippen molar-refractivity contribution in [2.45, 2.75) is 13.8 Å². The Morgan fingerprint density at radius 2 is 1.73 bits per heavy atom. The predicted octanol–water partition coefficient (Wildman–Crippen LogP) is 7.13. The minimum absolute atomic E-state index is 0.300. The zero-order valence-corrected chi connectivity index (χ0v) is 24.1. The molecule has 0 saturated heterocycles. The number of H-pyrrole nitrogens is 1. The van der Waals surface area contributed by atoms with Crippen molar-refractivity contribution in [1.29, 1.82) is 0 Å². The maximum absolute atomic E-state index is 13.2. The Bertz CT molecular complexity index is 1710. The Morgan fingerprint density at radius 3 is 2.48 bits per heavy atom. The lowest BCUT2D eigenvalue weighted by Gasteiger charge is -2.11. The number of aryl methyl sites for hydroxylation is 1. The maximum Gasteiger partial charge on any atom is 0.343 e. The lowest BCUT2D eigenvalue weighted by atomic mass is 10.0. The lowest BCUT2D eigenvalue weighted by molar-refractivity contribution is 0.0728. The normalized spacial score (nSPS) is 11.1. The van der Waals surface area contributed by atoms with Crippen molar-refractivity contribution < 1.29 is 19.1 Å². The second kappa shape index (κ2) is 12.2. The summed E-state index contributed by atoms with van der Waals surface area (Å²) < 4.78 is 12.4. The average molecular weight is 643 g/mol. The number of ether oxygens (including phenoxy) is 2. The number of hydrogen-bond donors (Lipinski definition) is 2. The number of aromatic nitrogens is 1. The number of nitrogens with zero attached hydrogens (tertiary/aromatic N) is 1. The third kappa shape index (κ3) is 6.07. The minimum atomic E-state index is -0.475. The molecule has 40 heavy (non-hydrogen) atoms. The number of fused-ring (bicyclic) bond motifs is 1. The molecule has 0 unspecified atom stereocenters. The summed E-state index contributed by atoms with van der Waals surface area (Å²) in [6.07, 6.45) is 1.51. The highest BCUT2D eigenvalue weighted by Gasteiger charge is 2.19. The fourth-order valence-corrected chi connectivity index (χ4v) is 4.76. The van der Waals surface area contributed by atoms with Crippen LogP contribution in [0.1, 0.15) is 38.9 Å². The summed E-state index contributed by atoms with van der Waals surface area (Å²) in [5.74, 6) is -0.143. The van der Waals surface area contributed by atoms with Gasteiger partial charge in [0.05, 0.1) is 18.4 Å². The summed E-state index contributed by atoms with van der Waals surface area (Å²) in [7, 11) is 0. The molecular weight excluding hydrogens is 617 g/mol. The topological polar surface area (TPSA) is 92.8 Å². The van der Waals surface area contributed by atoms with Crippen LogP contribution in [-0.2, 0) is 0 Å². The number of carbonyl (C=O) groups is 2. The van der Waals surface area contributed by atoms with Gasteiger partial charge in [0, 0.05) is 20.0 Å². The molecular formula is C32H26IN3O4. The van der Waals surface area contributed by atoms with Crippen LogP contribution in [0.2, 0.25) is 0 Å². The van der Waals surface area contributed by atoms with Crippen molar-refractivity contribution in [2.24, 2.45) is 5.10 Å². The van der Waals surface area contributed by atoms with Gasteiger partial charge in [0.25, 0.3) is 5.91 Å². The Labute approximate surface area is 245 Å². The van der Waals surface area contributed by atoms with Crippen molar-refractivity contribution >= 4 is 51.6 Å². The molecule has 0 aliphatic heterocycles. The first-order valence-corrected chi connectivity index (χ1v) is 13.8. The van der Waals surface area contributed by atoms with E-state index in [4.69, 9.17) is 9.47 Å². The number of halogens is 1. The van der Waals surface area contributed by atoms with Gasteiger partial charge in [-0.2, -0.15) is 5.10 Å². The average Bonchev–Trinajstić information content (AvgIpc) is 3.34. The molecule has 2 N–H and O–H groups in total. The van der Waals surface area contributed by atoms with E-state index in [1.54, 1.807) is 30.3 Å². The Balaban J connectivity index is 1.35. The van der Waals surface area contributed by atoms with Gasteiger partial charge in [0.1, 0.15) is 5.69 Å². The third-order valence-electron chi connectivity index (χ3n) is 6.19. The number of aromatic amines is 1. The molecule has 5 aromatic rings. The van der Waals surface area contributed by atoms with E-state index < -0.39 is 5.97 Å². The number of amides is 1. The summed E-state index contributed by atoms with van der Waals surface area (Å²) in [5, 5.41) is 5.14. The van der Waals surface area contributed by atoms with Crippen LogP contribution in [0, 0.1) is 10.5 Å². The number of benzene rings is 4. The first kappa shape index (κ1) is 27.1. The van der Waals surface area contributed by atoms with E-state index in [1.807, 2.05) is 68.4 Å². The van der Waals surface area contributed by atoms with Crippen molar-refractivity contribution in [3.8, 4) is 22.6 Å². The van der Waals surface area contributed by atoms with Crippen molar-refractivity contribution in [2.75, 3.05) is 6.61 Å². The smallest absolute Gasteiger partial charge is 0.343 e. The van der Waals surface area contributed by atoms with Gasteiger partial charge in [-0.05, 0) is 96.1 Å². The molecule has 1 aromatic heterocycles. The highest BCUT2D eigenvalue weighted by molar-refractivity contribution is 14.1. The third-order valence-corrected chi connectivity index (χ3v) is 6.86. The number of hydrogen-bond acceptors (Lipinski definition) is 5. The van der Waals surface area contributed by atoms with Crippen molar-refractivity contribution in [1.82, 2.24) is 10.4 Å². The molecule has 0 bridgehead atoms. The van der Waals surface area contributed by atoms with Crippen LogP contribution in [0.4, 0.5) is 0 Å². The van der Waals surface area contributed by atoms with Crippen molar-refractivity contribution in [3.63, 3.8) is 0 Å². The van der Waals surface area contributed by atoms with Crippen LogP contribution in [-0.4, -0.2) is 29.7 Å². The van der Waals surface area contributed by atoms with E-state index in [0.29, 0.717) is 34.9 Å². The molecule has 1 heterocycles. The molecule has 5 rings (SSSR count). The highest BCUT2D eigenvalue weighted by Crippen LogP contribution is 2.33. The predicted molar refractivity (Wildman–Crippen MR) is 165 cm³/mol. The Morgan fingerprint density at radius 1 is 0.950 bits per heavy atom. The van der Waals surface area contributed by atoms with Gasteiger partial charge in [0.2, 0.25) is 0 Å². The molecule has 0 fully saturated rings. The fraction of sp³-hybridized carbons (Fsp3) is 0.0938. The number of nitrogens with one attached hydrogen (secondary N) is 2. The molecule has 1 amide bonds. The standard InChI is InChI=1S/C32H26IN3O4/c1-3-39-28-17-21(11-16-27(28)40-32(38)23-12-9-20(2)10-13-23)19-34-36-31(37)30-29(22-7-5-4-6-8-22)25-18-24(33)14-15-26(25)35-30/h4-19,35H,3H2,1-2H3,(H,36,37). The number of hydrazone groups is 1. The van der Waals surface area contributed by atoms with Gasteiger partial charge >= 0.3 is 5.97 Å². The molecule has 0 aliphatic carbocycles. The van der Waals surface area contributed by atoms with Crippen LogP contribution >= 0.6 is 22.6 Å². The van der Waals surface area contributed by atoms with E-state index in [-0.39, 0.29) is 5.91 Å². The minimum Gasteiger partial charge on any atom is -0.490 e. The van der Waals surface area contributed by atoms with E-state index in [0.717, 1.165) is 31.2 Å². The summed E-state index contributed by atoms with van der Waals surface area (Å²) >= 11 is 2.26. The molecule has 200 valence electrons. The largest absolute Gasteiger partial charge is 0.490 e. The number of carbonyl (C=O) groups excluding carboxylic acids is 2. The molecule has 4 aromatic carbocycles. The van der Waals surface area contributed by atoms with E-state index in [9.17, 15) is 9.59 Å². The molecule has 0 radical (unpaired) electrons. The van der Waals surface area contributed by atoms with Gasteiger partial charge in [-0.1, -0.05) is 48.0 Å². The summed E-state index contributed by atoms with van der Waals surface area (Å²) in [5.41, 5.74) is 7.83. The Hall–Kier alpha value is -4.44. The van der Waals surface area contributed by atoms with Gasteiger partial charge < -0.3 is 14.5 Å². The maximum atomic E-state index is 13.2. The molecule has 8 heteroatoms. The number of esters is 1. The number of rotatable bonds is 8. The lowest BCUT2D eigenvalue weighted by Crippen LogP contribution is -2.18. The van der Waals surface area contributed by atoms with Crippen LogP contribution in [0.5, 0.6) is 11.5 Å². The van der Waals surface area contributed by atoms with E-state index >= 15 is 0 Å². The van der Waals surface area contributed by atoms with Crippen LogP contribution in [0.25, 0.3) is 22.0 Å². The van der Waals surface area contributed by atoms with E-state index in [2.05, 4.69) is 44.2 Å². The van der Waals surface area contributed by atoms with Crippen molar-refractivity contribution in [3.05, 3.63) is 117 Å². The van der Waals surface area contributed by atoms with Gasteiger partial charge in [-0.15, -0.1) is 0 Å². The SMILES string of the molecule is CCOc1cc(C=NNC(=O)c2[nH]c3ccc(I)cc3c2-c2ccccc2)ccc1OC(=O)c1ccc(C)cc1. The molecule has 0 atom stereocenters. The molecule has 0 saturated carbocycles. The molecule has 0 aliphatic rings. The fourth-order valence-electron chi connectivity index (χ4n) is 4.27. The zero-order valence-electron chi connectivity index (χ0n) is 21.9. The van der Waals surface area contributed by atoms with Crippen LogP contribution < -0.4 is 14.9 Å². The second-order valence-corrected chi connectivity index (χ2v) is 10.3. The highest BCUT2D eigenvalue weighted by atomic mass is 127. The van der Waals surface area contributed by atoms with Gasteiger partial charge in [0.15, 0.2) is 11.5 Å². The first-order valence-electron chi connectivity index (χ1n) is 12.7. The van der Waals surface area contributed by atoms with Gasteiger partial charge in [-0.25, -0.2) is 10.2 Å². The van der Waals surface area contributed by atoms with E-state index in [1.165, 1.54) is 6.21 Å². The quantitative estimate of drug-likeness (QED) is 0.0619. The molecule has 7 nitrogen and oxygen atoms in total. The second-order valence-electron chi connectivity index (χ2n) is 9.02.